The summed E-state index contributed by atoms with van der Waals surface area (Å²) in [6.07, 6.45) is 0.806. The summed E-state index contributed by atoms with van der Waals surface area (Å²) in [6.45, 7) is 6.92. The molecule has 4 nitrogen and oxygen atoms in total. The van der Waals surface area contributed by atoms with Gasteiger partial charge in [0.25, 0.3) is 0 Å². The van der Waals surface area contributed by atoms with Crippen LogP contribution in [0.25, 0.3) is 0 Å². The third-order valence-corrected chi connectivity index (χ3v) is 3.62. The first-order valence-corrected chi connectivity index (χ1v) is 7.52. The molecule has 0 radical (unpaired) electrons. The van der Waals surface area contributed by atoms with Crippen molar-refractivity contribution < 1.29 is 14.2 Å². The Morgan fingerprint density at radius 3 is 2.57 bits per heavy atom. The van der Waals surface area contributed by atoms with E-state index in [1.54, 1.807) is 14.2 Å². The van der Waals surface area contributed by atoms with E-state index in [9.17, 15) is 0 Å². The van der Waals surface area contributed by atoms with E-state index >= 15 is 0 Å². The molecule has 0 unspecified atom stereocenters. The van der Waals surface area contributed by atoms with E-state index in [0.29, 0.717) is 24.0 Å². The molecule has 0 atom stereocenters. The molecule has 0 amide bonds. The number of halogens is 1. The number of hydrogen-bond donors (Lipinski definition) is 1. The van der Waals surface area contributed by atoms with Crippen LogP contribution in [-0.4, -0.2) is 39.6 Å². The number of rotatable bonds is 10. The second-order valence-electron chi connectivity index (χ2n) is 5.50. The van der Waals surface area contributed by atoms with E-state index in [0.717, 1.165) is 25.1 Å². The van der Waals surface area contributed by atoms with E-state index in [-0.39, 0.29) is 5.60 Å². The van der Waals surface area contributed by atoms with Crippen molar-refractivity contribution in [2.24, 2.45) is 0 Å². The van der Waals surface area contributed by atoms with E-state index in [1.165, 1.54) is 0 Å². The van der Waals surface area contributed by atoms with Crippen LogP contribution in [-0.2, 0) is 16.0 Å². The summed E-state index contributed by atoms with van der Waals surface area (Å²) in [4.78, 5) is 0. The molecule has 0 saturated carbocycles. The SMILES string of the molecule is COCCNCc1ccc(OCCC(C)(C)OC)c(Cl)c1. The van der Waals surface area contributed by atoms with Crippen molar-refractivity contribution in [2.75, 3.05) is 34.0 Å². The minimum Gasteiger partial charge on any atom is -0.492 e. The smallest absolute Gasteiger partial charge is 0.137 e. The fraction of sp³-hybridized carbons (Fsp3) is 0.625. The maximum Gasteiger partial charge on any atom is 0.137 e. The van der Waals surface area contributed by atoms with E-state index in [4.69, 9.17) is 25.8 Å². The Labute approximate surface area is 132 Å². The molecule has 0 bridgehead atoms. The molecule has 0 fully saturated rings. The molecule has 0 aliphatic rings. The molecular formula is C16H26ClNO3. The monoisotopic (exact) mass is 315 g/mol. The van der Waals surface area contributed by atoms with Crippen molar-refractivity contribution in [3.63, 3.8) is 0 Å². The summed E-state index contributed by atoms with van der Waals surface area (Å²) in [5, 5.41) is 3.91. The van der Waals surface area contributed by atoms with Crippen molar-refractivity contribution >= 4 is 11.6 Å². The van der Waals surface area contributed by atoms with Gasteiger partial charge in [0.05, 0.1) is 23.8 Å². The average Bonchev–Trinajstić information content (AvgIpc) is 2.46. The number of ether oxygens (including phenoxy) is 3. The first kappa shape index (κ1) is 18.2. The molecule has 21 heavy (non-hydrogen) atoms. The summed E-state index contributed by atoms with van der Waals surface area (Å²) < 4.78 is 16.1. The van der Waals surface area contributed by atoms with Gasteiger partial charge in [-0.2, -0.15) is 0 Å². The zero-order valence-corrected chi connectivity index (χ0v) is 14.1. The second-order valence-corrected chi connectivity index (χ2v) is 5.90. The van der Waals surface area contributed by atoms with Crippen LogP contribution in [0.5, 0.6) is 5.75 Å². The maximum absolute atomic E-state index is 6.24. The minimum absolute atomic E-state index is 0.183. The van der Waals surface area contributed by atoms with Crippen LogP contribution in [0.2, 0.25) is 5.02 Å². The highest BCUT2D eigenvalue weighted by Gasteiger charge is 2.16. The van der Waals surface area contributed by atoms with E-state index < -0.39 is 0 Å². The molecule has 1 aromatic carbocycles. The summed E-state index contributed by atoms with van der Waals surface area (Å²) >= 11 is 6.24. The third-order valence-electron chi connectivity index (χ3n) is 3.32. The fourth-order valence-electron chi connectivity index (χ4n) is 1.69. The van der Waals surface area contributed by atoms with Crippen molar-refractivity contribution in [3.8, 4) is 5.75 Å². The molecule has 0 aliphatic heterocycles. The van der Waals surface area contributed by atoms with Crippen LogP contribution in [0.15, 0.2) is 18.2 Å². The Morgan fingerprint density at radius 2 is 1.95 bits per heavy atom. The molecule has 1 N–H and O–H groups in total. The lowest BCUT2D eigenvalue weighted by atomic mass is 10.1. The van der Waals surface area contributed by atoms with Crippen molar-refractivity contribution in [1.82, 2.24) is 5.32 Å². The molecule has 0 heterocycles. The van der Waals surface area contributed by atoms with Crippen molar-refractivity contribution in [1.29, 1.82) is 0 Å². The predicted octanol–water partition coefficient (Wildman–Crippen LogP) is 3.27. The molecule has 0 saturated heterocycles. The Bertz CT molecular complexity index is 424. The van der Waals surface area contributed by atoms with Gasteiger partial charge in [-0.1, -0.05) is 17.7 Å². The summed E-state index contributed by atoms with van der Waals surface area (Å²) in [5.41, 5.74) is 0.943. The molecule has 5 heteroatoms. The van der Waals surface area contributed by atoms with Crippen LogP contribution in [0.4, 0.5) is 0 Å². The van der Waals surface area contributed by atoms with Gasteiger partial charge in [0.15, 0.2) is 0 Å². The van der Waals surface area contributed by atoms with Gasteiger partial charge in [-0.05, 0) is 31.5 Å². The fourth-order valence-corrected chi connectivity index (χ4v) is 1.94. The van der Waals surface area contributed by atoms with Gasteiger partial charge in [0.1, 0.15) is 5.75 Å². The average molecular weight is 316 g/mol. The lowest BCUT2D eigenvalue weighted by molar-refractivity contribution is 0.00546. The van der Waals surface area contributed by atoms with Crippen molar-refractivity contribution in [2.45, 2.75) is 32.4 Å². The molecule has 0 aromatic heterocycles. The standard InChI is InChI=1S/C16H26ClNO3/c1-16(2,20-4)7-9-21-15-6-5-13(11-14(15)17)12-18-8-10-19-3/h5-6,11,18H,7-10,12H2,1-4H3. The third kappa shape index (κ3) is 7.14. The highest BCUT2D eigenvalue weighted by molar-refractivity contribution is 6.32. The van der Waals surface area contributed by atoms with E-state index in [2.05, 4.69) is 5.32 Å². The second kappa shape index (κ2) is 9.26. The van der Waals surface area contributed by atoms with Crippen LogP contribution in [0.1, 0.15) is 25.8 Å². The highest BCUT2D eigenvalue weighted by Crippen LogP contribution is 2.26. The van der Waals surface area contributed by atoms with Gasteiger partial charge in [-0.15, -0.1) is 0 Å². The number of benzene rings is 1. The normalized spacial score (nSPS) is 11.7. The lowest BCUT2D eigenvalue weighted by Gasteiger charge is -2.22. The summed E-state index contributed by atoms with van der Waals surface area (Å²) in [5.74, 6) is 0.712. The topological polar surface area (TPSA) is 39.7 Å². The van der Waals surface area contributed by atoms with Gasteiger partial charge in [-0.3, -0.25) is 0 Å². The molecular weight excluding hydrogens is 290 g/mol. The molecule has 0 aliphatic carbocycles. The molecule has 1 rings (SSSR count). The molecule has 1 aromatic rings. The Balaban J connectivity index is 2.43. The minimum atomic E-state index is -0.183. The Hall–Kier alpha value is -0.810. The largest absolute Gasteiger partial charge is 0.492 e. The van der Waals surface area contributed by atoms with Gasteiger partial charge in [0.2, 0.25) is 0 Å². The Kier molecular flexibility index (Phi) is 8.04. The highest BCUT2D eigenvalue weighted by atomic mass is 35.5. The van der Waals surface area contributed by atoms with Gasteiger partial charge in [0, 0.05) is 33.7 Å². The van der Waals surface area contributed by atoms with Crippen LogP contribution in [0, 0.1) is 0 Å². The summed E-state index contributed by atoms with van der Waals surface area (Å²) in [6, 6.07) is 5.86. The lowest BCUT2D eigenvalue weighted by Crippen LogP contribution is -2.25. The zero-order chi connectivity index (χ0) is 15.7. The van der Waals surface area contributed by atoms with Crippen LogP contribution < -0.4 is 10.1 Å². The predicted molar refractivity (Wildman–Crippen MR) is 86.2 cm³/mol. The number of hydrogen-bond acceptors (Lipinski definition) is 4. The number of nitrogens with one attached hydrogen (secondary N) is 1. The van der Waals surface area contributed by atoms with Crippen LogP contribution in [0.3, 0.4) is 0 Å². The van der Waals surface area contributed by atoms with E-state index in [1.807, 2.05) is 32.0 Å². The number of methoxy groups -OCH3 is 2. The quantitative estimate of drug-likeness (QED) is 0.673. The maximum atomic E-state index is 6.24. The zero-order valence-electron chi connectivity index (χ0n) is 13.4. The summed E-state index contributed by atoms with van der Waals surface area (Å²) in [7, 11) is 3.40. The van der Waals surface area contributed by atoms with Gasteiger partial charge >= 0.3 is 0 Å². The molecule has 0 spiro atoms. The van der Waals surface area contributed by atoms with Gasteiger partial charge < -0.3 is 19.5 Å². The van der Waals surface area contributed by atoms with Crippen LogP contribution >= 0.6 is 11.6 Å². The Morgan fingerprint density at radius 1 is 1.19 bits per heavy atom. The van der Waals surface area contributed by atoms with Crippen molar-refractivity contribution in [3.05, 3.63) is 28.8 Å². The first-order chi connectivity index (χ1) is 9.98. The molecule has 120 valence electrons. The van der Waals surface area contributed by atoms with Gasteiger partial charge in [-0.25, -0.2) is 0 Å². The first-order valence-electron chi connectivity index (χ1n) is 7.14.